The fourth-order valence-corrected chi connectivity index (χ4v) is 3.52. The number of rotatable bonds is 7. The minimum absolute atomic E-state index is 0.141. The molecule has 0 aromatic heterocycles. The van der Waals surface area contributed by atoms with E-state index in [2.05, 4.69) is 11.8 Å². The van der Waals surface area contributed by atoms with Gasteiger partial charge in [0.05, 0.1) is 5.60 Å². The Kier molecular flexibility index (Phi) is 6.54. The van der Waals surface area contributed by atoms with Crippen molar-refractivity contribution >= 4 is 11.6 Å². The van der Waals surface area contributed by atoms with Gasteiger partial charge in [0.15, 0.2) is 0 Å². The van der Waals surface area contributed by atoms with Crippen LogP contribution in [0.25, 0.3) is 0 Å². The molecule has 4 nitrogen and oxygen atoms in total. The predicted octanol–water partition coefficient (Wildman–Crippen LogP) is 4.88. The molecule has 0 saturated carbocycles. The van der Waals surface area contributed by atoms with Crippen LogP contribution in [0.5, 0.6) is 11.5 Å². The molecule has 1 aliphatic heterocycles. The molecule has 0 bridgehead atoms. The Labute approximate surface area is 173 Å². The highest BCUT2D eigenvalue weighted by Gasteiger charge is 2.31. The Morgan fingerprint density at radius 2 is 1.57 bits per heavy atom. The molecule has 1 aliphatic rings. The van der Waals surface area contributed by atoms with Crippen LogP contribution in [0.3, 0.4) is 0 Å². The van der Waals surface area contributed by atoms with E-state index in [1.165, 1.54) is 0 Å². The van der Waals surface area contributed by atoms with Crippen molar-refractivity contribution in [3.05, 3.63) is 59.1 Å². The summed E-state index contributed by atoms with van der Waals surface area (Å²) in [5.41, 5.74) is -0.0820. The van der Waals surface area contributed by atoms with Gasteiger partial charge in [-0.05, 0) is 75.6 Å². The molecule has 0 aliphatic carbocycles. The molecule has 0 radical (unpaired) electrons. The number of hydrogen-bond acceptors (Lipinski definition) is 4. The van der Waals surface area contributed by atoms with Gasteiger partial charge in [-0.3, -0.25) is 4.90 Å². The number of benzene rings is 2. The van der Waals surface area contributed by atoms with Crippen LogP contribution in [-0.4, -0.2) is 41.8 Å². The first kappa shape index (κ1) is 21.0. The Hall–Kier alpha value is -1.75. The number of aliphatic hydroxyl groups is 1. The van der Waals surface area contributed by atoms with Crippen molar-refractivity contribution in [1.82, 2.24) is 4.90 Å². The second kappa shape index (κ2) is 8.73. The van der Waals surface area contributed by atoms with Gasteiger partial charge in [0.25, 0.3) is 0 Å². The standard InChI is InChI=1S/C23H30ClNO3/c1-22(2,26)18-4-8-20(9-5-18)27-17-16-25-14-12-23(3,13-15-25)28-21-10-6-19(24)7-11-21/h4-11,26H,12-17H2,1-3H3. The van der Waals surface area contributed by atoms with Crippen molar-refractivity contribution in [3.8, 4) is 11.5 Å². The van der Waals surface area contributed by atoms with E-state index in [4.69, 9.17) is 21.1 Å². The zero-order valence-corrected chi connectivity index (χ0v) is 17.7. The third kappa shape index (κ3) is 5.87. The number of likely N-dealkylation sites (tertiary alicyclic amines) is 1. The Balaban J connectivity index is 1.41. The van der Waals surface area contributed by atoms with Gasteiger partial charge in [-0.25, -0.2) is 0 Å². The minimum atomic E-state index is -0.826. The van der Waals surface area contributed by atoms with Crippen LogP contribution >= 0.6 is 11.6 Å². The monoisotopic (exact) mass is 403 g/mol. The van der Waals surface area contributed by atoms with E-state index in [0.717, 1.165) is 54.6 Å². The number of halogens is 1. The van der Waals surface area contributed by atoms with Gasteiger partial charge < -0.3 is 14.6 Å². The molecule has 28 heavy (non-hydrogen) atoms. The Bertz CT molecular complexity index is 745. The number of hydrogen-bond donors (Lipinski definition) is 1. The van der Waals surface area contributed by atoms with E-state index in [-0.39, 0.29) is 5.60 Å². The summed E-state index contributed by atoms with van der Waals surface area (Å²) in [7, 11) is 0. The average Bonchev–Trinajstić information content (AvgIpc) is 2.65. The minimum Gasteiger partial charge on any atom is -0.492 e. The smallest absolute Gasteiger partial charge is 0.120 e. The lowest BCUT2D eigenvalue weighted by molar-refractivity contribution is 0.0135. The molecular weight excluding hydrogens is 374 g/mol. The van der Waals surface area contributed by atoms with Crippen LogP contribution in [0, 0.1) is 0 Å². The van der Waals surface area contributed by atoms with Gasteiger partial charge in [0.2, 0.25) is 0 Å². The molecule has 1 N–H and O–H groups in total. The highest BCUT2D eigenvalue weighted by molar-refractivity contribution is 6.30. The number of nitrogens with zero attached hydrogens (tertiary/aromatic N) is 1. The molecule has 2 aromatic rings. The molecule has 152 valence electrons. The lowest BCUT2D eigenvalue weighted by Gasteiger charge is -2.39. The first-order chi connectivity index (χ1) is 13.2. The fourth-order valence-electron chi connectivity index (χ4n) is 3.39. The van der Waals surface area contributed by atoms with E-state index in [1.54, 1.807) is 13.8 Å². The molecule has 1 heterocycles. The molecule has 0 amide bonds. The first-order valence-corrected chi connectivity index (χ1v) is 10.2. The predicted molar refractivity (Wildman–Crippen MR) is 113 cm³/mol. The van der Waals surface area contributed by atoms with E-state index >= 15 is 0 Å². The Morgan fingerprint density at radius 1 is 1.00 bits per heavy atom. The second-order valence-corrected chi connectivity index (χ2v) is 8.72. The highest BCUT2D eigenvalue weighted by atomic mass is 35.5. The molecule has 1 fully saturated rings. The van der Waals surface area contributed by atoms with Gasteiger partial charge in [-0.2, -0.15) is 0 Å². The quantitative estimate of drug-likeness (QED) is 0.715. The van der Waals surface area contributed by atoms with Gasteiger partial charge in [0, 0.05) is 24.7 Å². The van der Waals surface area contributed by atoms with E-state index in [0.29, 0.717) is 6.61 Å². The summed E-state index contributed by atoms with van der Waals surface area (Å²) in [6, 6.07) is 15.2. The molecule has 5 heteroatoms. The van der Waals surface area contributed by atoms with Crippen LogP contribution < -0.4 is 9.47 Å². The highest BCUT2D eigenvalue weighted by Crippen LogP contribution is 2.29. The molecule has 2 aromatic carbocycles. The van der Waals surface area contributed by atoms with Crippen molar-refractivity contribution in [2.75, 3.05) is 26.2 Å². The van der Waals surface area contributed by atoms with Crippen molar-refractivity contribution in [2.24, 2.45) is 0 Å². The van der Waals surface area contributed by atoms with Crippen molar-refractivity contribution in [2.45, 2.75) is 44.8 Å². The number of piperidine rings is 1. The van der Waals surface area contributed by atoms with Gasteiger partial charge in [0.1, 0.15) is 23.7 Å². The second-order valence-electron chi connectivity index (χ2n) is 8.28. The van der Waals surface area contributed by atoms with Crippen LogP contribution in [0.4, 0.5) is 0 Å². The van der Waals surface area contributed by atoms with Crippen LogP contribution in [0.2, 0.25) is 5.02 Å². The lowest BCUT2D eigenvalue weighted by atomic mass is 9.93. The number of ether oxygens (including phenoxy) is 2. The third-order valence-electron chi connectivity index (χ3n) is 5.33. The maximum absolute atomic E-state index is 10.0. The van der Waals surface area contributed by atoms with Crippen molar-refractivity contribution in [1.29, 1.82) is 0 Å². The molecular formula is C23H30ClNO3. The topological polar surface area (TPSA) is 41.9 Å². The summed E-state index contributed by atoms with van der Waals surface area (Å²) in [5.74, 6) is 1.71. The normalized spacial score (nSPS) is 17.3. The first-order valence-electron chi connectivity index (χ1n) is 9.86. The van der Waals surface area contributed by atoms with Crippen molar-refractivity contribution in [3.63, 3.8) is 0 Å². The summed E-state index contributed by atoms with van der Waals surface area (Å²) < 4.78 is 12.1. The van der Waals surface area contributed by atoms with Crippen LogP contribution in [0.15, 0.2) is 48.5 Å². The van der Waals surface area contributed by atoms with Gasteiger partial charge in [-0.1, -0.05) is 23.7 Å². The zero-order valence-electron chi connectivity index (χ0n) is 17.0. The third-order valence-corrected chi connectivity index (χ3v) is 5.58. The maximum Gasteiger partial charge on any atom is 0.120 e. The summed E-state index contributed by atoms with van der Waals surface area (Å²) in [5, 5.41) is 10.7. The molecule has 0 unspecified atom stereocenters. The summed E-state index contributed by atoms with van der Waals surface area (Å²) >= 11 is 5.94. The molecule has 3 rings (SSSR count). The lowest BCUT2D eigenvalue weighted by Crippen LogP contribution is -2.47. The van der Waals surface area contributed by atoms with Crippen molar-refractivity contribution < 1.29 is 14.6 Å². The fraction of sp³-hybridized carbons (Fsp3) is 0.478. The van der Waals surface area contributed by atoms with E-state index < -0.39 is 5.60 Å². The molecule has 1 saturated heterocycles. The van der Waals surface area contributed by atoms with E-state index in [9.17, 15) is 5.11 Å². The molecule has 0 spiro atoms. The van der Waals surface area contributed by atoms with Gasteiger partial charge >= 0.3 is 0 Å². The Morgan fingerprint density at radius 3 is 2.14 bits per heavy atom. The largest absolute Gasteiger partial charge is 0.492 e. The zero-order chi connectivity index (χ0) is 20.2. The van der Waals surface area contributed by atoms with Crippen LogP contribution in [0.1, 0.15) is 39.2 Å². The van der Waals surface area contributed by atoms with E-state index in [1.807, 2.05) is 48.5 Å². The maximum atomic E-state index is 10.0. The summed E-state index contributed by atoms with van der Waals surface area (Å²) in [6.07, 6.45) is 1.96. The molecule has 0 atom stereocenters. The van der Waals surface area contributed by atoms with Crippen LogP contribution in [-0.2, 0) is 5.60 Å². The summed E-state index contributed by atoms with van der Waals surface area (Å²) in [6.45, 7) is 9.27. The SMILES string of the molecule is CC1(Oc2ccc(Cl)cc2)CCN(CCOc2ccc(C(C)(C)O)cc2)CC1. The summed E-state index contributed by atoms with van der Waals surface area (Å²) in [4.78, 5) is 2.41. The average molecular weight is 404 g/mol. The van der Waals surface area contributed by atoms with Gasteiger partial charge in [-0.15, -0.1) is 0 Å².